The van der Waals surface area contributed by atoms with Gasteiger partial charge in [-0.05, 0) is 56.2 Å². The van der Waals surface area contributed by atoms with Gasteiger partial charge in [-0.3, -0.25) is 4.79 Å². The van der Waals surface area contributed by atoms with Crippen molar-refractivity contribution in [3.63, 3.8) is 0 Å². The summed E-state index contributed by atoms with van der Waals surface area (Å²) in [6.45, 7) is 5.77. The monoisotopic (exact) mass is 450 g/mol. The molecular weight excluding hydrogens is 431 g/mol. The van der Waals surface area contributed by atoms with Crippen molar-refractivity contribution in [3.8, 4) is 17.1 Å². The van der Waals surface area contributed by atoms with Gasteiger partial charge in [0.15, 0.2) is 5.82 Å². The number of rotatable bonds is 4. The standard InChI is InChI=1S/C24H20Cl2N4O/c1-14-10-12-17(13-11-14)23-28-22(24(31)27-20-8-4-6-18(25)15(20)2)29-30(23)21-9-5-7-19(26)16(21)3/h4-13H,1-3H3,(H,27,31). The molecule has 0 unspecified atom stereocenters. The first-order valence-electron chi connectivity index (χ1n) is 9.71. The molecule has 1 N–H and O–H groups in total. The second-order valence-corrected chi connectivity index (χ2v) is 8.10. The third kappa shape index (κ3) is 4.20. The van der Waals surface area contributed by atoms with Crippen LogP contribution >= 0.6 is 23.2 Å². The van der Waals surface area contributed by atoms with Crippen molar-refractivity contribution in [2.45, 2.75) is 20.8 Å². The van der Waals surface area contributed by atoms with Crippen LogP contribution in [0.3, 0.4) is 0 Å². The minimum atomic E-state index is -0.419. The van der Waals surface area contributed by atoms with Crippen LogP contribution in [0.5, 0.6) is 0 Å². The number of carbonyl (C=O) groups is 1. The summed E-state index contributed by atoms with van der Waals surface area (Å²) in [4.78, 5) is 17.6. The molecular formula is C24H20Cl2N4O. The number of halogens is 2. The van der Waals surface area contributed by atoms with Gasteiger partial charge in [-0.1, -0.05) is 65.2 Å². The van der Waals surface area contributed by atoms with Crippen molar-refractivity contribution in [1.29, 1.82) is 0 Å². The predicted molar refractivity (Wildman–Crippen MR) is 125 cm³/mol. The number of aromatic nitrogens is 3. The highest BCUT2D eigenvalue weighted by atomic mass is 35.5. The van der Waals surface area contributed by atoms with Gasteiger partial charge in [0.1, 0.15) is 0 Å². The number of hydrogen-bond acceptors (Lipinski definition) is 3. The third-order valence-corrected chi connectivity index (χ3v) is 5.92. The molecule has 0 bridgehead atoms. The molecule has 7 heteroatoms. The van der Waals surface area contributed by atoms with Crippen LogP contribution in [-0.4, -0.2) is 20.7 Å². The number of nitrogens with zero attached hydrogens (tertiary/aromatic N) is 3. The lowest BCUT2D eigenvalue weighted by molar-refractivity contribution is 0.101. The first kappa shape index (κ1) is 21.1. The maximum atomic E-state index is 13.0. The number of carbonyl (C=O) groups excluding carboxylic acids is 1. The van der Waals surface area contributed by atoms with E-state index >= 15 is 0 Å². The molecule has 0 saturated heterocycles. The number of hydrogen-bond donors (Lipinski definition) is 1. The lowest BCUT2D eigenvalue weighted by Gasteiger charge is -2.10. The quantitative estimate of drug-likeness (QED) is 0.390. The fraction of sp³-hybridized carbons (Fsp3) is 0.125. The molecule has 4 aromatic rings. The molecule has 0 aliphatic carbocycles. The maximum absolute atomic E-state index is 13.0. The fourth-order valence-electron chi connectivity index (χ4n) is 3.21. The van der Waals surface area contributed by atoms with Gasteiger partial charge in [0.05, 0.1) is 5.69 Å². The molecule has 156 valence electrons. The normalized spacial score (nSPS) is 10.9. The third-order valence-electron chi connectivity index (χ3n) is 5.10. The largest absolute Gasteiger partial charge is 0.319 e. The Hall–Kier alpha value is -3.15. The molecule has 1 heterocycles. The summed E-state index contributed by atoms with van der Waals surface area (Å²) in [7, 11) is 0. The van der Waals surface area contributed by atoms with Crippen LogP contribution in [-0.2, 0) is 0 Å². The summed E-state index contributed by atoms with van der Waals surface area (Å²) in [6.07, 6.45) is 0. The molecule has 0 radical (unpaired) electrons. The Morgan fingerprint density at radius 3 is 2.23 bits per heavy atom. The van der Waals surface area contributed by atoms with E-state index in [-0.39, 0.29) is 5.82 Å². The molecule has 3 aromatic carbocycles. The summed E-state index contributed by atoms with van der Waals surface area (Å²) in [5.41, 5.74) is 4.97. The van der Waals surface area contributed by atoms with Gasteiger partial charge in [0.2, 0.25) is 5.82 Å². The van der Waals surface area contributed by atoms with E-state index in [0.29, 0.717) is 21.6 Å². The zero-order valence-corrected chi connectivity index (χ0v) is 18.8. The Morgan fingerprint density at radius 2 is 1.52 bits per heavy atom. The summed E-state index contributed by atoms with van der Waals surface area (Å²) in [6, 6.07) is 18.8. The average Bonchev–Trinajstić information content (AvgIpc) is 3.19. The molecule has 1 aromatic heterocycles. The first-order chi connectivity index (χ1) is 14.8. The van der Waals surface area contributed by atoms with E-state index in [9.17, 15) is 4.79 Å². The average molecular weight is 451 g/mol. The molecule has 0 aliphatic rings. The van der Waals surface area contributed by atoms with Gasteiger partial charge in [-0.25, -0.2) is 9.67 Å². The highest BCUT2D eigenvalue weighted by Crippen LogP contribution is 2.28. The Kier molecular flexibility index (Phi) is 5.81. The number of aryl methyl sites for hydroxylation is 1. The zero-order valence-electron chi connectivity index (χ0n) is 17.3. The lowest BCUT2D eigenvalue weighted by Crippen LogP contribution is -2.15. The van der Waals surface area contributed by atoms with Crippen LogP contribution in [0.4, 0.5) is 5.69 Å². The number of anilines is 1. The molecule has 0 fully saturated rings. The Balaban J connectivity index is 1.81. The Morgan fingerprint density at radius 1 is 0.871 bits per heavy atom. The van der Waals surface area contributed by atoms with E-state index < -0.39 is 5.91 Å². The second kappa shape index (κ2) is 8.53. The molecule has 31 heavy (non-hydrogen) atoms. The Bertz CT molecular complexity index is 1280. The molecule has 0 aliphatic heterocycles. The van der Waals surface area contributed by atoms with Crippen LogP contribution in [0.25, 0.3) is 17.1 Å². The minimum Gasteiger partial charge on any atom is -0.319 e. The summed E-state index contributed by atoms with van der Waals surface area (Å²) in [5.74, 6) is 0.185. The number of nitrogens with one attached hydrogen (secondary N) is 1. The van der Waals surface area contributed by atoms with Crippen molar-refractivity contribution < 1.29 is 4.79 Å². The molecule has 4 rings (SSSR count). The smallest absolute Gasteiger partial charge is 0.295 e. The predicted octanol–water partition coefficient (Wildman–Crippen LogP) is 6.42. The Labute approximate surface area is 190 Å². The topological polar surface area (TPSA) is 59.8 Å². The SMILES string of the molecule is Cc1ccc(-c2nc(C(=O)Nc3cccc(Cl)c3C)nn2-c2cccc(Cl)c2C)cc1. The maximum Gasteiger partial charge on any atom is 0.295 e. The van der Waals surface area contributed by atoms with Crippen LogP contribution in [0.1, 0.15) is 27.3 Å². The van der Waals surface area contributed by atoms with Crippen LogP contribution in [0.2, 0.25) is 10.0 Å². The van der Waals surface area contributed by atoms with E-state index in [0.717, 1.165) is 27.9 Å². The van der Waals surface area contributed by atoms with Crippen molar-refractivity contribution >= 4 is 34.8 Å². The van der Waals surface area contributed by atoms with Crippen LogP contribution in [0.15, 0.2) is 60.7 Å². The first-order valence-corrected chi connectivity index (χ1v) is 10.5. The second-order valence-electron chi connectivity index (χ2n) is 7.29. The molecule has 0 saturated carbocycles. The van der Waals surface area contributed by atoms with Crippen LogP contribution < -0.4 is 5.32 Å². The summed E-state index contributed by atoms with van der Waals surface area (Å²) >= 11 is 12.5. The van der Waals surface area contributed by atoms with Gasteiger partial charge in [0, 0.05) is 21.3 Å². The highest BCUT2D eigenvalue weighted by Gasteiger charge is 2.21. The van der Waals surface area contributed by atoms with Crippen molar-refractivity contribution in [3.05, 3.63) is 93.2 Å². The van der Waals surface area contributed by atoms with Gasteiger partial charge in [0.25, 0.3) is 5.91 Å². The molecule has 5 nitrogen and oxygen atoms in total. The fourth-order valence-corrected chi connectivity index (χ4v) is 3.56. The minimum absolute atomic E-state index is 0.0503. The molecule has 0 atom stereocenters. The van der Waals surface area contributed by atoms with Crippen molar-refractivity contribution in [2.75, 3.05) is 5.32 Å². The van der Waals surface area contributed by atoms with Gasteiger partial charge < -0.3 is 5.32 Å². The summed E-state index contributed by atoms with van der Waals surface area (Å²) in [5, 5.41) is 8.58. The molecule has 0 spiro atoms. The highest BCUT2D eigenvalue weighted by molar-refractivity contribution is 6.32. The zero-order chi connectivity index (χ0) is 22.1. The van der Waals surface area contributed by atoms with Crippen LogP contribution in [0, 0.1) is 20.8 Å². The van der Waals surface area contributed by atoms with Gasteiger partial charge in [-0.15, -0.1) is 5.10 Å². The van der Waals surface area contributed by atoms with Gasteiger partial charge in [-0.2, -0.15) is 0 Å². The van der Waals surface area contributed by atoms with E-state index in [1.807, 2.05) is 63.2 Å². The van der Waals surface area contributed by atoms with Crippen molar-refractivity contribution in [1.82, 2.24) is 14.8 Å². The van der Waals surface area contributed by atoms with Gasteiger partial charge >= 0.3 is 0 Å². The number of amides is 1. The van der Waals surface area contributed by atoms with E-state index in [4.69, 9.17) is 23.2 Å². The number of benzene rings is 3. The van der Waals surface area contributed by atoms with E-state index in [1.165, 1.54) is 0 Å². The van der Waals surface area contributed by atoms with E-state index in [1.54, 1.807) is 22.9 Å². The molecule has 1 amide bonds. The lowest BCUT2D eigenvalue weighted by atomic mass is 10.1. The van der Waals surface area contributed by atoms with Crippen molar-refractivity contribution in [2.24, 2.45) is 0 Å². The summed E-state index contributed by atoms with van der Waals surface area (Å²) < 4.78 is 1.66. The van der Waals surface area contributed by atoms with E-state index in [2.05, 4.69) is 15.4 Å².